The van der Waals surface area contributed by atoms with Crippen molar-refractivity contribution in [1.82, 2.24) is 0 Å². The van der Waals surface area contributed by atoms with Gasteiger partial charge in [-0.15, -0.1) is 0 Å². The molecule has 9 heteroatoms. The summed E-state index contributed by atoms with van der Waals surface area (Å²) in [5.41, 5.74) is 8.52. The van der Waals surface area contributed by atoms with Gasteiger partial charge in [0.15, 0.2) is 11.9 Å². The molecular weight excluding hydrogens is 270 g/mol. The number of fused-ring (bicyclic) bond motifs is 1. The van der Waals surface area contributed by atoms with Crippen LogP contribution in [-0.2, 0) is 23.7 Å². The first-order valence-corrected chi connectivity index (χ1v) is 6.21. The molecule has 0 amide bonds. The van der Waals surface area contributed by atoms with Crippen molar-refractivity contribution in [2.24, 2.45) is 5.11 Å². The number of carbonyl (C=O) groups excluding carboxylic acids is 1. The Balaban J connectivity index is 2.21. The highest BCUT2D eigenvalue weighted by molar-refractivity contribution is 5.66. The Morgan fingerprint density at radius 1 is 1.50 bits per heavy atom. The Hall–Kier alpha value is -1.38. The van der Waals surface area contributed by atoms with Gasteiger partial charge in [0.2, 0.25) is 6.29 Å². The summed E-state index contributed by atoms with van der Waals surface area (Å²) in [4.78, 5) is 13.8. The average molecular weight is 287 g/mol. The molecular formula is C11H17N3O6. The fraction of sp³-hybridized carbons (Fsp3) is 0.909. The second kappa shape index (κ2) is 5.55. The number of rotatable bonds is 4. The Morgan fingerprint density at radius 3 is 2.70 bits per heavy atom. The molecule has 2 aliphatic rings. The van der Waals surface area contributed by atoms with Gasteiger partial charge in [0.25, 0.3) is 0 Å². The van der Waals surface area contributed by atoms with Gasteiger partial charge >= 0.3 is 5.97 Å². The molecule has 1 N–H and O–H groups in total. The number of esters is 1. The lowest BCUT2D eigenvalue weighted by Gasteiger charge is -2.25. The normalized spacial score (nSPS) is 36.0. The lowest BCUT2D eigenvalue weighted by molar-refractivity contribution is -0.233. The summed E-state index contributed by atoms with van der Waals surface area (Å²) >= 11 is 0. The van der Waals surface area contributed by atoms with Gasteiger partial charge in [-0.25, -0.2) is 0 Å². The Labute approximate surface area is 115 Å². The molecule has 0 saturated carbocycles. The van der Waals surface area contributed by atoms with Crippen LogP contribution in [0.15, 0.2) is 5.11 Å². The van der Waals surface area contributed by atoms with E-state index in [-0.39, 0.29) is 0 Å². The fourth-order valence-corrected chi connectivity index (χ4v) is 2.43. The third-order valence-electron chi connectivity index (χ3n) is 3.10. The van der Waals surface area contributed by atoms with Gasteiger partial charge in [-0.1, -0.05) is 5.11 Å². The maximum atomic E-state index is 11.1. The van der Waals surface area contributed by atoms with E-state index in [2.05, 4.69) is 10.0 Å². The summed E-state index contributed by atoms with van der Waals surface area (Å²) in [5, 5.41) is 12.8. The molecule has 2 fully saturated rings. The van der Waals surface area contributed by atoms with Crippen molar-refractivity contribution in [3.8, 4) is 0 Å². The number of hydrogen-bond acceptors (Lipinski definition) is 7. The molecule has 2 heterocycles. The van der Waals surface area contributed by atoms with E-state index in [0.29, 0.717) is 0 Å². The highest BCUT2D eigenvalue weighted by atomic mass is 16.8. The van der Waals surface area contributed by atoms with Gasteiger partial charge in [-0.3, -0.25) is 4.79 Å². The van der Waals surface area contributed by atoms with Crippen molar-refractivity contribution in [3.63, 3.8) is 0 Å². The van der Waals surface area contributed by atoms with Gasteiger partial charge < -0.3 is 24.1 Å². The highest BCUT2D eigenvalue weighted by Gasteiger charge is 2.58. The van der Waals surface area contributed by atoms with Crippen LogP contribution < -0.4 is 0 Å². The molecule has 0 bridgehead atoms. The van der Waals surface area contributed by atoms with Gasteiger partial charge in [0.1, 0.15) is 12.2 Å². The first-order valence-electron chi connectivity index (χ1n) is 6.21. The molecule has 2 aliphatic heterocycles. The lowest BCUT2D eigenvalue weighted by atomic mass is 10.1. The van der Waals surface area contributed by atoms with E-state index >= 15 is 0 Å². The van der Waals surface area contributed by atoms with E-state index in [1.807, 2.05) is 0 Å². The zero-order valence-corrected chi connectivity index (χ0v) is 11.4. The molecule has 0 aromatic heterocycles. The summed E-state index contributed by atoms with van der Waals surface area (Å²) in [6.07, 6.45) is -2.90. The van der Waals surface area contributed by atoms with Crippen LogP contribution in [0.25, 0.3) is 10.4 Å². The minimum Gasteiger partial charge on any atom is -0.433 e. The minimum absolute atomic E-state index is 0.408. The number of nitrogens with zero attached hydrogens (tertiary/aromatic N) is 3. The van der Waals surface area contributed by atoms with Gasteiger partial charge in [0, 0.05) is 11.8 Å². The molecule has 0 aromatic rings. The standard InChI is InChI=1S/C11H17N3O6/c1-5(16)17-10-9-8(19-11(2,3)20-9)7(18-10)6(4-15)13-14-12/h6-10,15H,4H2,1-3H3/t6-,7-,8+,9+,10+/m1/s1. The number of ether oxygens (including phenoxy) is 4. The van der Waals surface area contributed by atoms with Gasteiger partial charge in [0.05, 0.1) is 12.6 Å². The van der Waals surface area contributed by atoms with Crippen LogP contribution in [0, 0.1) is 0 Å². The average Bonchev–Trinajstić information content (AvgIpc) is 2.81. The second-order valence-corrected chi connectivity index (χ2v) is 5.10. The van der Waals surface area contributed by atoms with Crippen LogP contribution in [-0.4, -0.2) is 54.1 Å². The van der Waals surface area contributed by atoms with Crippen molar-refractivity contribution in [2.45, 2.75) is 57.2 Å². The molecule has 9 nitrogen and oxygen atoms in total. The van der Waals surface area contributed by atoms with Crippen LogP contribution >= 0.6 is 0 Å². The number of carbonyl (C=O) groups is 1. The molecule has 0 aromatic carbocycles. The predicted molar refractivity (Wildman–Crippen MR) is 64.3 cm³/mol. The van der Waals surface area contributed by atoms with E-state index in [9.17, 15) is 9.90 Å². The van der Waals surface area contributed by atoms with Crippen molar-refractivity contribution in [3.05, 3.63) is 10.4 Å². The molecule has 0 radical (unpaired) electrons. The number of azide groups is 1. The third kappa shape index (κ3) is 2.87. The SMILES string of the molecule is CC(=O)O[C@H]1O[C@H]([C@@H](CO)N=[N+]=[N-])[C@@H]2OC(C)(C)O[C@H]12. The van der Waals surface area contributed by atoms with E-state index in [1.165, 1.54) is 6.92 Å². The maximum absolute atomic E-state index is 11.1. The van der Waals surface area contributed by atoms with Crippen LogP contribution in [0.4, 0.5) is 0 Å². The first kappa shape index (κ1) is 15.0. The molecule has 2 rings (SSSR count). The number of aliphatic hydroxyl groups is 1. The zero-order valence-electron chi connectivity index (χ0n) is 11.4. The molecule has 20 heavy (non-hydrogen) atoms. The fourth-order valence-electron chi connectivity index (χ4n) is 2.43. The van der Waals surface area contributed by atoms with E-state index in [1.54, 1.807) is 13.8 Å². The Bertz CT molecular complexity index is 436. The molecule has 0 unspecified atom stereocenters. The topological polar surface area (TPSA) is 123 Å². The minimum atomic E-state index is -0.952. The summed E-state index contributed by atoms with van der Waals surface area (Å²) in [6.45, 7) is 4.28. The second-order valence-electron chi connectivity index (χ2n) is 5.10. The maximum Gasteiger partial charge on any atom is 0.305 e. The first-order chi connectivity index (χ1) is 9.38. The van der Waals surface area contributed by atoms with Gasteiger partial charge in [-0.2, -0.15) is 0 Å². The number of aliphatic hydroxyl groups excluding tert-OH is 1. The monoisotopic (exact) mass is 287 g/mol. The summed E-state index contributed by atoms with van der Waals surface area (Å²) in [7, 11) is 0. The Kier molecular flexibility index (Phi) is 4.17. The van der Waals surface area contributed by atoms with Crippen molar-refractivity contribution < 1.29 is 28.8 Å². The van der Waals surface area contributed by atoms with Crippen molar-refractivity contribution in [2.75, 3.05) is 6.61 Å². The zero-order chi connectivity index (χ0) is 14.9. The third-order valence-corrected chi connectivity index (χ3v) is 3.10. The van der Waals surface area contributed by atoms with Crippen LogP contribution in [0.3, 0.4) is 0 Å². The summed E-state index contributed by atoms with van der Waals surface area (Å²) in [6, 6.07) is -0.842. The van der Waals surface area contributed by atoms with Crippen LogP contribution in [0.2, 0.25) is 0 Å². The molecule has 2 saturated heterocycles. The quantitative estimate of drug-likeness (QED) is 0.347. The van der Waals surface area contributed by atoms with Crippen molar-refractivity contribution in [1.29, 1.82) is 0 Å². The van der Waals surface area contributed by atoms with E-state index in [0.717, 1.165) is 0 Å². The molecule has 5 atom stereocenters. The summed E-state index contributed by atoms with van der Waals surface area (Å²) < 4.78 is 21.9. The summed E-state index contributed by atoms with van der Waals surface area (Å²) in [5.74, 6) is -1.39. The van der Waals surface area contributed by atoms with E-state index < -0.39 is 49.0 Å². The molecule has 0 spiro atoms. The van der Waals surface area contributed by atoms with Crippen LogP contribution in [0.1, 0.15) is 20.8 Å². The van der Waals surface area contributed by atoms with E-state index in [4.69, 9.17) is 24.5 Å². The highest BCUT2D eigenvalue weighted by Crippen LogP contribution is 2.40. The largest absolute Gasteiger partial charge is 0.433 e. The smallest absolute Gasteiger partial charge is 0.305 e. The predicted octanol–water partition coefficient (Wildman–Crippen LogP) is 0.466. The lowest BCUT2D eigenvalue weighted by Crippen LogP contribution is -2.39. The van der Waals surface area contributed by atoms with Gasteiger partial charge in [-0.05, 0) is 19.4 Å². The Morgan fingerprint density at radius 2 is 2.15 bits per heavy atom. The van der Waals surface area contributed by atoms with Crippen molar-refractivity contribution >= 4 is 5.97 Å². The molecule has 112 valence electrons. The van der Waals surface area contributed by atoms with Crippen LogP contribution in [0.5, 0.6) is 0 Å². The molecule has 0 aliphatic carbocycles. The number of hydrogen-bond donors (Lipinski definition) is 1.